The van der Waals surface area contributed by atoms with Gasteiger partial charge in [-0.25, -0.2) is 0 Å². The molecule has 3 nitrogen and oxygen atoms in total. The zero-order chi connectivity index (χ0) is 26.3. The molecule has 0 amide bonds. The third-order valence-corrected chi connectivity index (χ3v) is 7.46. The molecular weight excluding hydrogens is 474 g/mol. The Bertz CT molecular complexity index is 1960. The molecule has 0 saturated carbocycles. The lowest BCUT2D eigenvalue weighted by Gasteiger charge is -2.15. The summed E-state index contributed by atoms with van der Waals surface area (Å²) >= 11 is 0. The number of rotatable bonds is 5. The summed E-state index contributed by atoms with van der Waals surface area (Å²) in [5.41, 5.74) is 10.4. The van der Waals surface area contributed by atoms with E-state index in [-0.39, 0.29) is 0 Å². The van der Waals surface area contributed by atoms with Crippen LogP contribution in [-0.4, -0.2) is 14.5 Å². The SMILES string of the molecule is CC(C)Cc1cc(-c2ccccn2)cc(-n2c3ccccc3c3ccc(-c4cccc5cccnc45)cc32)c1. The average molecular weight is 504 g/mol. The largest absolute Gasteiger partial charge is 0.309 e. The summed E-state index contributed by atoms with van der Waals surface area (Å²) in [6.07, 6.45) is 4.76. The Morgan fingerprint density at radius 1 is 0.641 bits per heavy atom. The fourth-order valence-electron chi connectivity index (χ4n) is 5.83. The summed E-state index contributed by atoms with van der Waals surface area (Å²) in [4.78, 5) is 9.41. The third-order valence-electron chi connectivity index (χ3n) is 7.46. The van der Waals surface area contributed by atoms with Crippen molar-refractivity contribution in [3.63, 3.8) is 0 Å². The summed E-state index contributed by atoms with van der Waals surface area (Å²) < 4.78 is 2.42. The molecule has 0 aliphatic carbocycles. The molecule has 0 radical (unpaired) electrons. The predicted molar refractivity (Wildman–Crippen MR) is 163 cm³/mol. The number of para-hydroxylation sites is 2. The second-order valence-electron chi connectivity index (χ2n) is 10.7. The maximum Gasteiger partial charge on any atom is 0.0780 e. The van der Waals surface area contributed by atoms with Crippen molar-refractivity contribution >= 4 is 32.7 Å². The minimum absolute atomic E-state index is 0.556. The highest BCUT2D eigenvalue weighted by Crippen LogP contribution is 2.37. The maximum absolute atomic E-state index is 4.73. The highest BCUT2D eigenvalue weighted by atomic mass is 15.0. The lowest BCUT2D eigenvalue weighted by atomic mass is 9.98. The standard InChI is InChI=1S/C36H29N3/c1-24(2)19-25-20-28(33-13-5-6-17-37-33)22-29(21-25)39-34-14-4-3-11-31(34)32-16-15-27(23-35(32)39)30-12-7-9-26-10-8-18-38-36(26)30/h3-18,20-24H,19H2,1-2H3. The molecule has 188 valence electrons. The minimum atomic E-state index is 0.556. The van der Waals surface area contributed by atoms with Gasteiger partial charge in [-0.05, 0) is 72.0 Å². The summed E-state index contributed by atoms with van der Waals surface area (Å²) in [6.45, 7) is 4.55. The number of fused-ring (bicyclic) bond motifs is 4. The Labute approximate surface area is 228 Å². The van der Waals surface area contributed by atoms with E-state index >= 15 is 0 Å². The number of nitrogens with zero attached hydrogens (tertiary/aromatic N) is 3. The monoisotopic (exact) mass is 503 g/mol. The van der Waals surface area contributed by atoms with Crippen LogP contribution in [0.2, 0.25) is 0 Å². The zero-order valence-corrected chi connectivity index (χ0v) is 22.2. The van der Waals surface area contributed by atoms with Gasteiger partial charge in [0, 0.05) is 45.4 Å². The van der Waals surface area contributed by atoms with Gasteiger partial charge < -0.3 is 4.57 Å². The molecule has 0 aliphatic rings. The molecule has 0 aliphatic heterocycles. The van der Waals surface area contributed by atoms with Crippen LogP contribution in [0.4, 0.5) is 0 Å². The fourth-order valence-corrected chi connectivity index (χ4v) is 5.83. The van der Waals surface area contributed by atoms with Crippen LogP contribution in [0.25, 0.3) is 60.8 Å². The van der Waals surface area contributed by atoms with Gasteiger partial charge in [-0.1, -0.05) is 74.5 Å². The molecule has 0 fully saturated rings. The molecule has 3 aromatic heterocycles. The van der Waals surface area contributed by atoms with E-state index in [1.165, 1.54) is 32.9 Å². The molecule has 39 heavy (non-hydrogen) atoms. The van der Waals surface area contributed by atoms with Crippen molar-refractivity contribution in [1.82, 2.24) is 14.5 Å². The highest BCUT2D eigenvalue weighted by molar-refractivity contribution is 6.11. The molecule has 7 rings (SSSR count). The summed E-state index contributed by atoms with van der Waals surface area (Å²) in [6, 6.07) is 39.1. The van der Waals surface area contributed by atoms with Gasteiger partial charge >= 0.3 is 0 Å². The van der Waals surface area contributed by atoms with Gasteiger partial charge in [-0.15, -0.1) is 0 Å². The Kier molecular flexibility index (Phi) is 5.70. The molecule has 0 bridgehead atoms. The summed E-state index contributed by atoms with van der Waals surface area (Å²) in [5, 5.41) is 3.65. The number of hydrogen-bond donors (Lipinski definition) is 0. The van der Waals surface area contributed by atoms with Gasteiger partial charge in [-0.3, -0.25) is 9.97 Å². The Hall–Kier alpha value is -4.76. The van der Waals surface area contributed by atoms with Gasteiger partial charge in [0.2, 0.25) is 0 Å². The van der Waals surface area contributed by atoms with Gasteiger partial charge in [-0.2, -0.15) is 0 Å². The van der Waals surface area contributed by atoms with Crippen molar-refractivity contribution in [2.45, 2.75) is 20.3 Å². The van der Waals surface area contributed by atoms with Gasteiger partial charge in [0.1, 0.15) is 0 Å². The van der Waals surface area contributed by atoms with Crippen molar-refractivity contribution in [3.8, 4) is 28.1 Å². The van der Waals surface area contributed by atoms with Crippen molar-refractivity contribution in [2.75, 3.05) is 0 Å². The topological polar surface area (TPSA) is 30.7 Å². The van der Waals surface area contributed by atoms with Gasteiger partial charge in [0.05, 0.1) is 22.2 Å². The first-order chi connectivity index (χ1) is 19.2. The number of benzene rings is 4. The first kappa shape index (κ1) is 23.4. The molecule has 0 N–H and O–H groups in total. The van der Waals surface area contributed by atoms with E-state index in [4.69, 9.17) is 4.98 Å². The van der Waals surface area contributed by atoms with E-state index in [2.05, 4.69) is 120 Å². The molecule has 3 heterocycles. The second-order valence-corrected chi connectivity index (χ2v) is 10.7. The molecule has 4 aromatic carbocycles. The van der Waals surface area contributed by atoms with E-state index in [0.29, 0.717) is 5.92 Å². The van der Waals surface area contributed by atoms with E-state index in [0.717, 1.165) is 39.8 Å². The molecular formula is C36H29N3. The van der Waals surface area contributed by atoms with Crippen LogP contribution < -0.4 is 0 Å². The number of pyridine rings is 2. The van der Waals surface area contributed by atoms with Crippen molar-refractivity contribution in [2.24, 2.45) is 5.92 Å². The second kappa shape index (κ2) is 9.52. The molecule has 0 unspecified atom stereocenters. The highest BCUT2D eigenvalue weighted by Gasteiger charge is 2.16. The van der Waals surface area contributed by atoms with Crippen LogP contribution in [0, 0.1) is 5.92 Å². The minimum Gasteiger partial charge on any atom is -0.309 e. The number of aromatic nitrogens is 3. The smallest absolute Gasteiger partial charge is 0.0780 e. The van der Waals surface area contributed by atoms with E-state index in [9.17, 15) is 0 Å². The van der Waals surface area contributed by atoms with Crippen LogP contribution in [0.5, 0.6) is 0 Å². The molecule has 3 heteroatoms. The van der Waals surface area contributed by atoms with Crippen molar-refractivity contribution < 1.29 is 0 Å². The van der Waals surface area contributed by atoms with Crippen LogP contribution in [-0.2, 0) is 6.42 Å². The van der Waals surface area contributed by atoms with E-state index < -0.39 is 0 Å². The summed E-state index contributed by atoms with van der Waals surface area (Å²) in [5.74, 6) is 0.556. The maximum atomic E-state index is 4.73. The molecule has 0 saturated heterocycles. The van der Waals surface area contributed by atoms with Crippen LogP contribution in [0.1, 0.15) is 19.4 Å². The molecule has 0 spiro atoms. The van der Waals surface area contributed by atoms with Crippen molar-refractivity contribution in [3.05, 3.63) is 127 Å². The first-order valence-corrected chi connectivity index (χ1v) is 13.6. The quantitative estimate of drug-likeness (QED) is 0.234. The lowest BCUT2D eigenvalue weighted by Crippen LogP contribution is -2.00. The lowest BCUT2D eigenvalue weighted by molar-refractivity contribution is 0.647. The Balaban J connectivity index is 1.52. The van der Waals surface area contributed by atoms with Crippen molar-refractivity contribution in [1.29, 1.82) is 0 Å². The third kappa shape index (κ3) is 4.17. The van der Waals surface area contributed by atoms with E-state index in [1.807, 2.05) is 24.5 Å². The predicted octanol–water partition coefficient (Wildman–Crippen LogP) is 9.26. The molecule has 0 atom stereocenters. The summed E-state index contributed by atoms with van der Waals surface area (Å²) in [7, 11) is 0. The van der Waals surface area contributed by atoms with Gasteiger partial charge in [0.25, 0.3) is 0 Å². The molecule has 7 aromatic rings. The Morgan fingerprint density at radius 3 is 2.33 bits per heavy atom. The zero-order valence-electron chi connectivity index (χ0n) is 22.2. The number of hydrogen-bond acceptors (Lipinski definition) is 2. The average Bonchev–Trinajstić information content (AvgIpc) is 3.30. The van der Waals surface area contributed by atoms with Crippen LogP contribution in [0.15, 0.2) is 122 Å². The van der Waals surface area contributed by atoms with Crippen LogP contribution in [0.3, 0.4) is 0 Å². The van der Waals surface area contributed by atoms with Crippen LogP contribution >= 0.6 is 0 Å². The normalized spacial score (nSPS) is 11.7. The van der Waals surface area contributed by atoms with Gasteiger partial charge in [0.15, 0.2) is 0 Å². The first-order valence-electron chi connectivity index (χ1n) is 13.6. The fraction of sp³-hybridized carbons (Fsp3) is 0.111. The Morgan fingerprint density at radius 2 is 1.46 bits per heavy atom. The van der Waals surface area contributed by atoms with E-state index in [1.54, 1.807) is 0 Å².